The third-order valence-corrected chi connectivity index (χ3v) is 6.20. The van der Waals surface area contributed by atoms with Crippen molar-refractivity contribution in [2.24, 2.45) is 5.10 Å². The molecule has 0 atom stereocenters. The van der Waals surface area contributed by atoms with Gasteiger partial charge in [0.15, 0.2) is 16.6 Å². The second-order valence-corrected chi connectivity index (χ2v) is 8.88. The van der Waals surface area contributed by atoms with Gasteiger partial charge < -0.3 is 15.2 Å². The number of anilines is 2. The number of para-hydroxylation sites is 1. The largest absolute Gasteiger partial charge is 0.504 e. The number of ether oxygens (including phenoxy) is 1. The lowest BCUT2D eigenvalue weighted by Crippen LogP contribution is -2.17. The molecule has 4 aromatic rings. The number of aromatic nitrogens is 1. The lowest BCUT2D eigenvalue weighted by molar-refractivity contribution is 0.0955. The minimum Gasteiger partial charge on any atom is -0.504 e. The molecule has 1 heterocycles. The number of benzene rings is 3. The van der Waals surface area contributed by atoms with Gasteiger partial charge in [0.05, 0.1) is 22.6 Å². The zero-order valence-electron chi connectivity index (χ0n) is 17.4. The summed E-state index contributed by atoms with van der Waals surface area (Å²) in [5.41, 5.74) is 6.40. The molecule has 0 spiro atoms. The first-order valence-corrected chi connectivity index (χ1v) is 11.8. The zero-order chi connectivity index (χ0) is 23.2. The molecule has 0 bridgehead atoms. The lowest BCUT2D eigenvalue weighted by Gasteiger charge is -2.06. The van der Waals surface area contributed by atoms with Crippen LogP contribution in [0.5, 0.6) is 11.5 Å². The molecule has 0 fully saturated rings. The maximum Gasteiger partial charge on any atom is 0.271 e. The normalized spacial score (nSPS) is 10.8. The van der Waals surface area contributed by atoms with E-state index in [1.54, 1.807) is 24.3 Å². The SMILES string of the molecule is COc1cc(/C=N\NC(=O)c2ccc(-c3csc(Nc4ccccc4)n3)cc2)cc(I)c1O. The topological polar surface area (TPSA) is 95.8 Å². The van der Waals surface area contributed by atoms with E-state index in [-0.39, 0.29) is 11.7 Å². The van der Waals surface area contributed by atoms with Gasteiger partial charge in [0, 0.05) is 22.2 Å². The molecule has 0 saturated carbocycles. The molecule has 166 valence electrons. The number of aromatic hydroxyl groups is 1. The second kappa shape index (κ2) is 10.5. The van der Waals surface area contributed by atoms with Gasteiger partial charge in [-0.05, 0) is 64.6 Å². The summed E-state index contributed by atoms with van der Waals surface area (Å²) in [7, 11) is 1.48. The molecular formula is C24H19IN4O3S. The fourth-order valence-electron chi connectivity index (χ4n) is 2.95. The summed E-state index contributed by atoms with van der Waals surface area (Å²) in [6.45, 7) is 0. The van der Waals surface area contributed by atoms with E-state index >= 15 is 0 Å². The fraction of sp³-hybridized carbons (Fsp3) is 0.0417. The van der Waals surface area contributed by atoms with Crippen molar-refractivity contribution in [2.45, 2.75) is 0 Å². The molecule has 0 aliphatic carbocycles. The van der Waals surface area contributed by atoms with E-state index in [1.807, 2.05) is 70.4 Å². The van der Waals surface area contributed by atoms with Gasteiger partial charge >= 0.3 is 0 Å². The maximum absolute atomic E-state index is 12.4. The molecule has 0 unspecified atom stereocenters. The van der Waals surface area contributed by atoms with Crippen LogP contribution in [0.4, 0.5) is 10.8 Å². The Bertz CT molecular complexity index is 1290. The smallest absolute Gasteiger partial charge is 0.271 e. The number of rotatable bonds is 7. The highest BCUT2D eigenvalue weighted by Crippen LogP contribution is 2.32. The number of nitrogens with zero attached hydrogens (tertiary/aromatic N) is 2. The van der Waals surface area contributed by atoms with Gasteiger partial charge in [0.25, 0.3) is 5.91 Å². The van der Waals surface area contributed by atoms with Crippen LogP contribution in [0.3, 0.4) is 0 Å². The van der Waals surface area contributed by atoms with Crippen molar-refractivity contribution in [2.75, 3.05) is 12.4 Å². The number of phenols is 1. The van der Waals surface area contributed by atoms with Crippen LogP contribution in [0.2, 0.25) is 0 Å². The summed E-state index contributed by atoms with van der Waals surface area (Å²) in [5.74, 6) is 0.0832. The lowest BCUT2D eigenvalue weighted by atomic mass is 10.1. The monoisotopic (exact) mass is 570 g/mol. The Hall–Kier alpha value is -3.44. The van der Waals surface area contributed by atoms with Crippen LogP contribution >= 0.6 is 33.9 Å². The Kier molecular flexibility index (Phi) is 7.20. The first-order chi connectivity index (χ1) is 16.0. The summed E-state index contributed by atoms with van der Waals surface area (Å²) < 4.78 is 5.75. The number of halogens is 1. The van der Waals surface area contributed by atoms with E-state index in [0.29, 0.717) is 20.4 Å². The molecule has 3 N–H and O–H groups in total. The van der Waals surface area contributed by atoms with E-state index in [9.17, 15) is 9.90 Å². The number of hydrogen-bond donors (Lipinski definition) is 3. The van der Waals surface area contributed by atoms with Crippen LogP contribution < -0.4 is 15.5 Å². The van der Waals surface area contributed by atoms with Crippen LogP contribution in [0.15, 0.2) is 77.2 Å². The van der Waals surface area contributed by atoms with E-state index < -0.39 is 0 Å². The summed E-state index contributed by atoms with van der Waals surface area (Å²) in [5, 5.41) is 20.0. The summed E-state index contributed by atoms with van der Waals surface area (Å²) in [6.07, 6.45) is 1.49. The molecule has 3 aromatic carbocycles. The molecule has 0 saturated heterocycles. The van der Waals surface area contributed by atoms with Gasteiger partial charge in [-0.2, -0.15) is 5.10 Å². The van der Waals surface area contributed by atoms with Crippen molar-refractivity contribution in [1.29, 1.82) is 0 Å². The number of amides is 1. The van der Waals surface area contributed by atoms with Gasteiger partial charge in [-0.3, -0.25) is 4.79 Å². The summed E-state index contributed by atoms with van der Waals surface area (Å²) in [4.78, 5) is 17.0. The molecule has 0 aliphatic heterocycles. The van der Waals surface area contributed by atoms with Crippen molar-refractivity contribution in [3.8, 4) is 22.8 Å². The minimum atomic E-state index is -0.331. The fourth-order valence-corrected chi connectivity index (χ4v) is 4.32. The number of nitrogens with one attached hydrogen (secondary N) is 2. The first-order valence-electron chi connectivity index (χ1n) is 9.81. The number of phenolic OH excluding ortho intramolecular Hbond substituents is 1. The molecule has 9 heteroatoms. The van der Waals surface area contributed by atoms with Crippen molar-refractivity contribution >= 4 is 56.9 Å². The van der Waals surface area contributed by atoms with E-state index in [1.165, 1.54) is 24.7 Å². The third kappa shape index (κ3) is 5.68. The van der Waals surface area contributed by atoms with Gasteiger partial charge in [0.1, 0.15) is 0 Å². The third-order valence-electron chi connectivity index (χ3n) is 4.62. The quantitative estimate of drug-likeness (QED) is 0.152. The van der Waals surface area contributed by atoms with E-state index in [4.69, 9.17) is 4.74 Å². The van der Waals surface area contributed by atoms with Crippen molar-refractivity contribution in [3.63, 3.8) is 0 Å². The molecular weight excluding hydrogens is 551 g/mol. The van der Waals surface area contributed by atoms with Crippen LogP contribution in [-0.4, -0.2) is 29.3 Å². The Morgan fingerprint density at radius 3 is 2.64 bits per heavy atom. The maximum atomic E-state index is 12.4. The van der Waals surface area contributed by atoms with Gasteiger partial charge in [-0.15, -0.1) is 11.3 Å². The van der Waals surface area contributed by atoms with Gasteiger partial charge in [0.2, 0.25) is 0 Å². The Labute approximate surface area is 208 Å². The average Bonchev–Trinajstić information content (AvgIpc) is 3.30. The molecule has 33 heavy (non-hydrogen) atoms. The highest BCUT2D eigenvalue weighted by atomic mass is 127. The standard InChI is InChI=1S/C24H19IN4O3S/c1-32-21-12-15(11-19(25)22(21)30)13-26-29-23(31)17-9-7-16(8-10-17)20-14-33-24(28-20)27-18-5-3-2-4-6-18/h2-14,30H,1H3,(H,27,28)(H,29,31)/b26-13-. The zero-order valence-corrected chi connectivity index (χ0v) is 20.4. The number of hydrogen-bond acceptors (Lipinski definition) is 7. The molecule has 0 radical (unpaired) electrons. The van der Waals surface area contributed by atoms with Crippen molar-refractivity contribution in [3.05, 3.63) is 86.8 Å². The predicted molar refractivity (Wildman–Crippen MR) is 140 cm³/mol. The molecule has 1 aromatic heterocycles. The highest BCUT2D eigenvalue weighted by Gasteiger charge is 2.09. The molecule has 4 rings (SSSR count). The van der Waals surface area contributed by atoms with Gasteiger partial charge in [-0.25, -0.2) is 10.4 Å². The second-order valence-electron chi connectivity index (χ2n) is 6.86. The number of hydrazone groups is 1. The number of methoxy groups -OCH3 is 1. The number of carbonyl (C=O) groups is 1. The Balaban J connectivity index is 1.39. The minimum absolute atomic E-state index is 0.0717. The van der Waals surface area contributed by atoms with Crippen LogP contribution in [-0.2, 0) is 0 Å². The summed E-state index contributed by atoms with van der Waals surface area (Å²) in [6, 6.07) is 20.4. The van der Waals surface area contributed by atoms with Crippen molar-refractivity contribution < 1.29 is 14.6 Å². The van der Waals surface area contributed by atoms with Crippen LogP contribution in [0.25, 0.3) is 11.3 Å². The average molecular weight is 570 g/mol. The van der Waals surface area contributed by atoms with Crippen LogP contribution in [0.1, 0.15) is 15.9 Å². The molecule has 7 nitrogen and oxygen atoms in total. The van der Waals surface area contributed by atoms with Crippen LogP contribution in [0, 0.1) is 3.57 Å². The highest BCUT2D eigenvalue weighted by molar-refractivity contribution is 14.1. The Morgan fingerprint density at radius 2 is 1.91 bits per heavy atom. The predicted octanol–water partition coefficient (Wildman–Crippen LogP) is 5.64. The summed E-state index contributed by atoms with van der Waals surface area (Å²) >= 11 is 3.52. The molecule has 1 amide bonds. The first kappa shape index (κ1) is 22.7. The Morgan fingerprint density at radius 1 is 1.15 bits per heavy atom. The van der Waals surface area contributed by atoms with E-state index in [2.05, 4.69) is 20.8 Å². The number of thiazole rings is 1. The van der Waals surface area contributed by atoms with Crippen molar-refractivity contribution in [1.82, 2.24) is 10.4 Å². The number of carbonyl (C=O) groups excluding carboxylic acids is 1. The van der Waals surface area contributed by atoms with E-state index in [0.717, 1.165) is 22.1 Å². The molecule has 0 aliphatic rings. The van der Waals surface area contributed by atoms with Gasteiger partial charge in [-0.1, -0.05) is 30.3 Å².